The van der Waals surface area contributed by atoms with E-state index in [4.69, 9.17) is 4.42 Å². The van der Waals surface area contributed by atoms with Crippen LogP contribution < -0.4 is 10.7 Å². The van der Waals surface area contributed by atoms with Gasteiger partial charge in [-0.05, 0) is 48.7 Å². The Morgan fingerprint density at radius 3 is 2.22 bits per heavy atom. The van der Waals surface area contributed by atoms with Crippen molar-refractivity contribution in [2.24, 2.45) is 0 Å². The van der Waals surface area contributed by atoms with Crippen molar-refractivity contribution in [2.45, 2.75) is 6.42 Å². The van der Waals surface area contributed by atoms with Gasteiger partial charge < -0.3 is 14.6 Å². The highest BCUT2D eigenvalue weighted by Gasteiger charge is 2.33. The third kappa shape index (κ3) is 4.76. The van der Waals surface area contributed by atoms with Crippen molar-refractivity contribution >= 4 is 58.4 Å². The fourth-order valence-electron chi connectivity index (χ4n) is 5.19. The van der Waals surface area contributed by atoms with Crippen molar-refractivity contribution in [1.82, 2.24) is 15.1 Å². The first-order valence-electron chi connectivity index (χ1n) is 12.0. The van der Waals surface area contributed by atoms with Gasteiger partial charge in [0.15, 0.2) is 5.43 Å². The molecule has 0 spiro atoms. The lowest BCUT2D eigenvalue weighted by Gasteiger charge is -2.30. The summed E-state index contributed by atoms with van der Waals surface area (Å²) in [5.41, 5.74) is 2.05. The number of imide groups is 1. The predicted molar refractivity (Wildman–Crippen MR) is 149 cm³/mol. The first-order valence-corrected chi connectivity index (χ1v) is 12.0. The average Bonchev–Trinajstić information content (AvgIpc) is 2.89. The fourth-order valence-corrected chi connectivity index (χ4v) is 5.19. The molecule has 1 aromatic heterocycles. The van der Waals surface area contributed by atoms with E-state index in [0.29, 0.717) is 45.4 Å². The number of nitrogens with one attached hydrogen (secondary N) is 1. The van der Waals surface area contributed by atoms with Crippen molar-refractivity contribution in [3.8, 4) is 11.3 Å². The molecule has 0 radical (unpaired) electrons. The molecule has 0 saturated carbocycles. The van der Waals surface area contributed by atoms with Crippen LogP contribution >= 0.6 is 24.8 Å². The molecule has 9 heteroatoms. The van der Waals surface area contributed by atoms with Crippen LogP contribution in [0, 0.1) is 0 Å². The summed E-state index contributed by atoms with van der Waals surface area (Å²) in [5.74, 6) is -0.133. The summed E-state index contributed by atoms with van der Waals surface area (Å²) in [6.45, 7) is 5.15. The highest BCUT2D eigenvalue weighted by atomic mass is 35.5. The van der Waals surface area contributed by atoms with Gasteiger partial charge in [-0.1, -0.05) is 24.3 Å². The van der Waals surface area contributed by atoms with Crippen LogP contribution in [0.5, 0.6) is 0 Å². The van der Waals surface area contributed by atoms with Gasteiger partial charge in [-0.3, -0.25) is 19.3 Å². The topological polar surface area (TPSA) is 82.9 Å². The molecule has 0 aliphatic carbocycles. The number of fused-ring (bicyclic) bond motifs is 1. The van der Waals surface area contributed by atoms with Gasteiger partial charge in [0.05, 0.1) is 5.39 Å². The number of halogens is 2. The lowest BCUT2D eigenvalue weighted by atomic mass is 9.90. The Hall–Kier alpha value is -3.23. The van der Waals surface area contributed by atoms with Crippen molar-refractivity contribution in [3.05, 3.63) is 82.0 Å². The summed E-state index contributed by atoms with van der Waals surface area (Å²) in [4.78, 5) is 43.2. The quantitative estimate of drug-likeness (QED) is 0.379. The zero-order valence-electron chi connectivity index (χ0n) is 20.1. The van der Waals surface area contributed by atoms with Crippen LogP contribution in [-0.4, -0.2) is 60.9 Å². The molecule has 1 N–H and O–H groups in total. The van der Waals surface area contributed by atoms with Crippen LogP contribution in [-0.2, 0) is 0 Å². The first kappa shape index (κ1) is 26.8. The van der Waals surface area contributed by atoms with E-state index in [2.05, 4.69) is 10.2 Å². The van der Waals surface area contributed by atoms with Crippen LogP contribution in [0.1, 0.15) is 27.1 Å². The Morgan fingerprint density at radius 2 is 1.43 bits per heavy atom. The third-order valence-electron chi connectivity index (χ3n) is 6.96. The Morgan fingerprint density at radius 1 is 0.757 bits per heavy atom. The molecular formula is C28H27Cl2N3O4. The fraction of sp³-hybridized carbons (Fsp3) is 0.250. The molecule has 3 heterocycles. The largest absolute Gasteiger partial charge is 0.456 e. The van der Waals surface area contributed by atoms with Crippen molar-refractivity contribution in [2.75, 3.05) is 39.3 Å². The van der Waals surface area contributed by atoms with Gasteiger partial charge in [-0.15, -0.1) is 24.8 Å². The van der Waals surface area contributed by atoms with E-state index in [9.17, 15) is 14.4 Å². The second-order valence-electron chi connectivity index (χ2n) is 9.07. The summed E-state index contributed by atoms with van der Waals surface area (Å²) >= 11 is 0. The standard InChI is InChI=1S/C28H25N3O4.2ClH/c32-23-17-25(35-24-8-2-1-5-20(23)24)18-9-10-22-26-19(18)6-3-7-21(26)27(33)31(28(22)34)14-4-13-30-15-11-29-12-16-30;;/h1-3,5-10,17,29H,4,11-16H2;2*1H. The Bertz CT molecular complexity index is 1520. The summed E-state index contributed by atoms with van der Waals surface area (Å²) in [7, 11) is 0. The monoisotopic (exact) mass is 539 g/mol. The second kappa shape index (κ2) is 11.0. The maximum Gasteiger partial charge on any atom is 0.261 e. The molecule has 2 aliphatic rings. The average molecular weight is 540 g/mol. The van der Waals surface area contributed by atoms with Crippen molar-refractivity contribution in [1.29, 1.82) is 0 Å². The maximum atomic E-state index is 13.4. The summed E-state index contributed by atoms with van der Waals surface area (Å²) < 4.78 is 6.06. The van der Waals surface area contributed by atoms with Gasteiger partial charge >= 0.3 is 0 Å². The number of carbonyl (C=O) groups excluding carboxylic acids is 2. The minimum absolute atomic E-state index is 0. The number of piperazine rings is 1. The lowest BCUT2D eigenvalue weighted by Crippen LogP contribution is -2.45. The molecule has 0 atom stereocenters. The molecule has 4 aromatic rings. The minimum atomic E-state index is -0.273. The second-order valence-corrected chi connectivity index (χ2v) is 9.07. The molecule has 37 heavy (non-hydrogen) atoms. The molecule has 192 valence electrons. The van der Waals surface area contributed by atoms with Crippen LogP contribution in [0.3, 0.4) is 0 Å². The number of carbonyl (C=O) groups is 2. The van der Waals surface area contributed by atoms with Crippen LogP contribution in [0.15, 0.2) is 69.9 Å². The van der Waals surface area contributed by atoms with Gasteiger partial charge in [-0.25, -0.2) is 0 Å². The van der Waals surface area contributed by atoms with E-state index in [0.717, 1.165) is 44.5 Å². The number of hydrogen-bond acceptors (Lipinski definition) is 6. The van der Waals surface area contributed by atoms with Crippen LogP contribution in [0.4, 0.5) is 0 Å². The third-order valence-corrected chi connectivity index (χ3v) is 6.96. The predicted octanol–water partition coefficient (Wildman–Crippen LogP) is 4.35. The molecule has 1 fully saturated rings. The number of rotatable bonds is 5. The molecule has 1 saturated heterocycles. The summed E-state index contributed by atoms with van der Waals surface area (Å²) in [6.07, 6.45) is 0.739. The van der Waals surface area contributed by atoms with Gasteiger partial charge in [0.2, 0.25) is 0 Å². The van der Waals surface area contributed by atoms with Crippen molar-refractivity contribution in [3.63, 3.8) is 0 Å². The smallest absolute Gasteiger partial charge is 0.261 e. The summed E-state index contributed by atoms with van der Waals surface area (Å²) in [6, 6.07) is 17.6. The highest BCUT2D eigenvalue weighted by molar-refractivity contribution is 6.26. The van der Waals surface area contributed by atoms with E-state index in [-0.39, 0.29) is 42.1 Å². The Labute approximate surface area is 226 Å². The van der Waals surface area contributed by atoms with Gasteiger partial charge in [0.25, 0.3) is 11.8 Å². The number of benzene rings is 3. The number of para-hydroxylation sites is 1. The molecular weight excluding hydrogens is 513 g/mol. The molecule has 3 aromatic carbocycles. The van der Waals surface area contributed by atoms with Gasteiger partial charge in [0, 0.05) is 60.9 Å². The SMILES string of the molecule is Cl.Cl.O=C1c2cccc3c(-c4cc(=O)c5ccccc5o4)ccc(c23)C(=O)N1CCCN1CCNCC1. The molecule has 0 unspecified atom stereocenters. The molecule has 6 rings (SSSR count). The molecule has 2 aliphatic heterocycles. The number of amides is 2. The molecule has 0 bridgehead atoms. The van der Waals surface area contributed by atoms with Crippen LogP contribution in [0.2, 0.25) is 0 Å². The zero-order chi connectivity index (χ0) is 23.9. The minimum Gasteiger partial charge on any atom is -0.456 e. The highest BCUT2D eigenvalue weighted by Crippen LogP contribution is 2.36. The van der Waals surface area contributed by atoms with Crippen molar-refractivity contribution < 1.29 is 14.0 Å². The van der Waals surface area contributed by atoms with E-state index < -0.39 is 0 Å². The number of hydrogen-bond donors (Lipinski definition) is 1. The zero-order valence-corrected chi connectivity index (χ0v) is 21.7. The molecule has 7 nitrogen and oxygen atoms in total. The van der Waals surface area contributed by atoms with Gasteiger partial charge in [0.1, 0.15) is 11.3 Å². The van der Waals surface area contributed by atoms with E-state index >= 15 is 0 Å². The normalized spacial score (nSPS) is 15.5. The maximum absolute atomic E-state index is 13.4. The summed E-state index contributed by atoms with van der Waals surface area (Å²) in [5, 5.41) is 5.19. The van der Waals surface area contributed by atoms with E-state index in [1.807, 2.05) is 18.2 Å². The first-order chi connectivity index (χ1) is 17.1. The lowest BCUT2D eigenvalue weighted by molar-refractivity contribution is 0.0602. The van der Waals surface area contributed by atoms with E-state index in [1.165, 1.54) is 11.0 Å². The van der Waals surface area contributed by atoms with E-state index in [1.54, 1.807) is 36.4 Å². The Balaban J connectivity index is 0.00000160. The number of nitrogens with zero attached hydrogens (tertiary/aromatic N) is 2. The van der Waals surface area contributed by atoms with Gasteiger partial charge in [-0.2, -0.15) is 0 Å². The Kier molecular flexibility index (Phi) is 7.99. The molecule has 2 amide bonds. The van der Waals surface area contributed by atoms with Crippen LogP contribution in [0.25, 0.3) is 33.1 Å².